The van der Waals surface area contributed by atoms with Crippen molar-refractivity contribution >= 4 is 17.2 Å². The molecule has 0 spiro atoms. The fourth-order valence-electron chi connectivity index (χ4n) is 2.04. The van der Waals surface area contributed by atoms with E-state index in [2.05, 4.69) is 0 Å². The minimum Gasteiger partial charge on any atom is -0.540 e. The Kier molecular flexibility index (Phi) is 2.87. The molecule has 0 unspecified atom stereocenters. The van der Waals surface area contributed by atoms with Crippen molar-refractivity contribution in [2.75, 3.05) is 0 Å². The van der Waals surface area contributed by atoms with Crippen molar-refractivity contribution in [3.8, 4) is 5.95 Å². The monoisotopic (exact) mass is 284 g/mol. The molecule has 0 aliphatic rings. The van der Waals surface area contributed by atoms with Crippen molar-refractivity contribution in [1.82, 2.24) is 0 Å². The normalized spacial score (nSPS) is 10.7. The maximum Gasteiger partial charge on any atom is 0.282 e. The second-order valence-electron chi connectivity index (χ2n) is 4.28. The number of benzene rings is 1. The SMILES string of the molecule is O=C(c1cccc([N+](=O)[O-])c1)c1c([O-])oc2cccc[n+]12. The number of ketones is 1. The number of carbonyl (C=O) groups excluding carboxylic acids is 1. The molecule has 0 fully saturated rings. The van der Waals surface area contributed by atoms with Gasteiger partial charge in [0.1, 0.15) is 5.95 Å². The van der Waals surface area contributed by atoms with E-state index in [1.807, 2.05) is 0 Å². The van der Waals surface area contributed by atoms with Gasteiger partial charge in [-0.2, -0.15) is 0 Å². The topological polar surface area (TPSA) is 101 Å². The van der Waals surface area contributed by atoms with Crippen molar-refractivity contribution in [3.05, 3.63) is 70.0 Å². The molecule has 3 aromatic rings. The van der Waals surface area contributed by atoms with Crippen molar-refractivity contribution < 1.29 is 23.6 Å². The van der Waals surface area contributed by atoms with E-state index < -0.39 is 16.7 Å². The lowest BCUT2D eigenvalue weighted by Crippen LogP contribution is -2.28. The molecule has 2 aromatic heterocycles. The Labute approximate surface area is 117 Å². The average molecular weight is 284 g/mol. The van der Waals surface area contributed by atoms with Gasteiger partial charge in [-0.1, -0.05) is 12.1 Å². The summed E-state index contributed by atoms with van der Waals surface area (Å²) >= 11 is 0. The summed E-state index contributed by atoms with van der Waals surface area (Å²) in [5, 5.41) is 22.6. The molecule has 0 saturated heterocycles. The third-order valence-electron chi connectivity index (χ3n) is 2.99. The van der Waals surface area contributed by atoms with Crippen LogP contribution in [0.1, 0.15) is 16.1 Å². The molecule has 7 nitrogen and oxygen atoms in total. The molecule has 0 aliphatic carbocycles. The number of carbonyl (C=O) groups is 1. The van der Waals surface area contributed by atoms with E-state index in [1.165, 1.54) is 28.8 Å². The first kappa shape index (κ1) is 12.8. The Morgan fingerprint density at radius 3 is 2.76 bits per heavy atom. The molecule has 0 radical (unpaired) electrons. The van der Waals surface area contributed by atoms with Gasteiger partial charge >= 0.3 is 0 Å². The fourth-order valence-corrected chi connectivity index (χ4v) is 2.04. The van der Waals surface area contributed by atoms with Crippen LogP contribution in [-0.4, -0.2) is 10.7 Å². The van der Waals surface area contributed by atoms with E-state index >= 15 is 0 Å². The highest BCUT2D eigenvalue weighted by atomic mass is 16.6. The molecular formula is C14H8N2O5. The zero-order valence-electron chi connectivity index (χ0n) is 10.6. The van der Waals surface area contributed by atoms with Gasteiger partial charge in [-0.15, -0.1) is 4.40 Å². The highest BCUT2D eigenvalue weighted by Crippen LogP contribution is 2.20. The first-order chi connectivity index (χ1) is 10.1. The van der Waals surface area contributed by atoms with Crippen molar-refractivity contribution in [2.24, 2.45) is 0 Å². The van der Waals surface area contributed by atoms with Crippen molar-refractivity contribution in [1.29, 1.82) is 0 Å². The Balaban J connectivity index is 2.15. The summed E-state index contributed by atoms with van der Waals surface area (Å²) in [7, 11) is 0. The number of nitrogens with zero attached hydrogens (tertiary/aromatic N) is 2. The summed E-state index contributed by atoms with van der Waals surface area (Å²) in [6, 6.07) is 10.1. The third-order valence-corrected chi connectivity index (χ3v) is 2.99. The number of rotatable bonds is 3. The van der Waals surface area contributed by atoms with Crippen LogP contribution in [0.5, 0.6) is 5.95 Å². The lowest BCUT2D eigenvalue weighted by Gasteiger charge is -1.98. The number of fused-ring (bicyclic) bond motifs is 1. The van der Waals surface area contributed by atoms with Crippen LogP contribution >= 0.6 is 0 Å². The van der Waals surface area contributed by atoms with Gasteiger partial charge < -0.3 is 9.52 Å². The molecule has 0 bridgehead atoms. The number of nitro benzene ring substituents is 1. The number of hydrogen-bond acceptors (Lipinski definition) is 5. The molecule has 2 heterocycles. The molecule has 3 rings (SSSR count). The summed E-state index contributed by atoms with van der Waals surface area (Å²) in [5.41, 5.74) is -0.117. The number of aromatic nitrogens is 1. The standard InChI is InChI=1S/C14H8N2O5/c17-13(9-4-3-5-10(8-9)16(19)20)12-14(18)21-11-6-1-2-7-15(11)12/h1-8H. The molecule has 0 N–H and O–H groups in total. The van der Waals surface area contributed by atoms with Gasteiger partial charge in [0.15, 0.2) is 6.20 Å². The molecular weight excluding hydrogens is 276 g/mol. The lowest BCUT2D eigenvalue weighted by molar-refractivity contribution is -0.517. The third kappa shape index (κ3) is 2.10. The summed E-state index contributed by atoms with van der Waals surface area (Å²) in [4.78, 5) is 22.6. The maximum atomic E-state index is 12.4. The summed E-state index contributed by atoms with van der Waals surface area (Å²) in [5.74, 6) is -1.41. The Morgan fingerprint density at radius 1 is 1.19 bits per heavy atom. The van der Waals surface area contributed by atoms with E-state index in [4.69, 9.17) is 4.42 Å². The number of hydrogen-bond donors (Lipinski definition) is 0. The highest BCUT2D eigenvalue weighted by molar-refractivity contribution is 6.08. The van der Waals surface area contributed by atoms with E-state index in [9.17, 15) is 20.0 Å². The van der Waals surface area contributed by atoms with Crippen LogP contribution in [0.4, 0.5) is 5.69 Å². The first-order valence-corrected chi connectivity index (χ1v) is 5.97. The van der Waals surface area contributed by atoms with Crippen LogP contribution < -0.4 is 9.51 Å². The molecule has 21 heavy (non-hydrogen) atoms. The van der Waals surface area contributed by atoms with Gasteiger partial charge in [-0.25, -0.2) is 0 Å². The van der Waals surface area contributed by atoms with Gasteiger partial charge in [0.2, 0.25) is 0 Å². The summed E-state index contributed by atoms with van der Waals surface area (Å²) in [6.45, 7) is 0. The van der Waals surface area contributed by atoms with Crippen molar-refractivity contribution in [2.45, 2.75) is 0 Å². The van der Waals surface area contributed by atoms with Gasteiger partial charge in [0.05, 0.1) is 4.92 Å². The highest BCUT2D eigenvalue weighted by Gasteiger charge is 2.25. The molecule has 104 valence electrons. The van der Waals surface area contributed by atoms with Crippen LogP contribution in [0.15, 0.2) is 53.1 Å². The van der Waals surface area contributed by atoms with E-state index in [1.54, 1.807) is 18.2 Å². The maximum absolute atomic E-state index is 12.4. The zero-order valence-corrected chi connectivity index (χ0v) is 10.6. The largest absolute Gasteiger partial charge is 0.540 e. The molecule has 0 atom stereocenters. The van der Waals surface area contributed by atoms with Crippen LogP contribution in [0.3, 0.4) is 0 Å². The number of non-ortho nitro benzene ring substituents is 1. The van der Waals surface area contributed by atoms with Crippen LogP contribution in [0.2, 0.25) is 0 Å². The second-order valence-corrected chi connectivity index (χ2v) is 4.28. The second kappa shape index (κ2) is 4.71. The van der Waals surface area contributed by atoms with Gasteiger partial charge in [-0.3, -0.25) is 14.9 Å². The molecule has 1 aromatic carbocycles. The van der Waals surface area contributed by atoms with E-state index in [0.29, 0.717) is 0 Å². The van der Waals surface area contributed by atoms with Gasteiger partial charge in [0.25, 0.3) is 22.9 Å². The molecule has 0 aliphatic heterocycles. The molecule has 0 amide bonds. The Hall–Kier alpha value is -3.22. The minimum absolute atomic E-state index is 0.0559. The Bertz CT molecular complexity index is 869. The quantitative estimate of drug-likeness (QED) is 0.311. The predicted molar refractivity (Wildman–Crippen MR) is 67.8 cm³/mol. The average Bonchev–Trinajstić information content (AvgIpc) is 2.82. The van der Waals surface area contributed by atoms with Crippen molar-refractivity contribution in [3.63, 3.8) is 0 Å². The zero-order chi connectivity index (χ0) is 15.0. The lowest BCUT2D eigenvalue weighted by atomic mass is 10.1. The van der Waals surface area contributed by atoms with E-state index in [-0.39, 0.29) is 22.7 Å². The smallest absolute Gasteiger partial charge is 0.282 e. The van der Waals surface area contributed by atoms with Gasteiger partial charge in [-0.05, 0) is 6.07 Å². The predicted octanol–water partition coefficient (Wildman–Crippen LogP) is 1.23. The first-order valence-electron chi connectivity index (χ1n) is 5.97. The fraction of sp³-hybridized carbons (Fsp3) is 0. The summed E-state index contributed by atoms with van der Waals surface area (Å²) < 4.78 is 6.29. The van der Waals surface area contributed by atoms with Crippen LogP contribution in [0.25, 0.3) is 5.71 Å². The minimum atomic E-state index is -0.780. The Morgan fingerprint density at radius 2 is 2.00 bits per heavy atom. The van der Waals surface area contributed by atoms with E-state index in [0.717, 1.165) is 6.07 Å². The number of nitro groups is 1. The van der Waals surface area contributed by atoms with Crippen LogP contribution in [-0.2, 0) is 0 Å². The number of pyridine rings is 1. The summed E-state index contributed by atoms with van der Waals surface area (Å²) in [6.07, 6.45) is 1.52. The molecule has 7 heteroatoms. The number of oxazole rings is 1. The molecule has 0 saturated carbocycles. The van der Waals surface area contributed by atoms with Crippen LogP contribution in [0, 0.1) is 10.1 Å². The van der Waals surface area contributed by atoms with Gasteiger partial charge in [0, 0.05) is 29.8 Å².